The zero-order valence-electron chi connectivity index (χ0n) is 7.46. The fraction of sp³-hybridized carbons (Fsp3) is 0.500. The molecule has 1 atom stereocenters. The summed E-state index contributed by atoms with van der Waals surface area (Å²) in [7, 11) is 0. The summed E-state index contributed by atoms with van der Waals surface area (Å²) >= 11 is 0. The van der Waals surface area contributed by atoms with E-state index >= 15 is 0 Å². The van der Waals surface area contributed by atoms with Crippen molar-refractivity contribution in [2.45, 2.75) is 33.1 Å². The van der Waals surface area contributed by atoms with Crippen LogP contribution in [-0.4, -0.2) is 4.98 Å². The second-order valence-corrected chi connectivity index (χ2v) is 3.04. The number of pyridine rings is 1. The maximum Gasteiger partial charge on any atom is 0.0299 e. The summed E-state index contributed by atoms with van der Waals surface area (Å²) < 4.78 is 0. The summed E-state index contributed by atoms with van der Waals surface area (Å²) in [6.07, 6.45) is 5.00. The highest BCUT2D eigenvalue weighted by Crippen LogP contribution is 2.20. The van der Waals surface area contributed by atoms with E-state index < -0.39 is 0 Å². The molecule has 1 heterocycles. The summed E-state index contributed by atoms with van der Waals surface area (Å²) in [6, 6.07) is 2.11. The van der Waals surface area contributed by atoms with E-state index in [1.54, 1.807) is 0 Å². The van der Waals surface area contributed by atoms with Crippen LogP contribution < -0.4 is 0 Å². The van der Waals surface area contributed by atoms with Gasteiger partial charge in [0.2, 0.25) is 0 Å². The average Bonchev–Trinajstić information content (AvgIpc) is 2.04. The van der Waals surface area contributed by atoms with Crippen molar-refractivity contribution < 1.29 is 0 Å². The number of rotatable bonds is 2. The minimum atomic E-state index is 0.665. The Labute approximate surface area is 68.5 Å². The molecule has 0 bridgehead atoms. The van der Waals surface area contributed by atoms with Crippen molar-refractivity contribution in [2.24, 2.45) is 0 Å². The van der Waals surface area contributed by atoms with Gasteiger partial charge in [-0.1, -0.05) is 13.8 Å². The first-order chi connectivity index (χ1) is 5.25. The van der Waals surface area contributed by atoms with Crippen LogP contribution in [0.1, 0.15) is 37.3 Å². The normalized spacial score (nSPS) is 13.0. The molecule has 1 nitrogen and oxygen atoms in total. The number of aryl methyl sites for hydroxylation is 1. The van der Waals surface area contributed by atoms with Crippen LogP contribution >= 0.6 is 0 Å². The van der Waals surface area contributed by atoms with Gasteiger partial charge in [0.15, 0.2) is 0 Å². The molecule has 0 aliphatic rings. The molecule has 1 heteroatoms. The average molecular weight is 149 g/mol. The monoisotopic (exact) mass is 149 g/mol. The highest BCUT2D eigenvalue weighted by atomic mass is 14.6. The van der Waals surface area contributed by atoms with Crippen LogP contribution in [0.3, 0.4) is 0 Å². The van der Waals surface area contributed by atoms with Gasteiger partial charge in [0.25, 0.3) is 0 Å². The Morgan fingerprint density at radius 3 is 2.82 bits per heavy atom. The maximum atomic E-state index is 4.06. The third-order valence-electron chi connectivity index (χ3n) is 2.21. The number of hydrogen-bond donors (Lipinski definition) is 0. The summed E-state index contributed by atoms with van der Waals surface area (Å²) in [5.74, 6) is 0.665. The van der Waals surface area contributed by atoms with Crippen molar-refractivity contribution in [3.05, 3.63) is 29.6 Å². The molecule has 0 aliphatic heterocycles. The van der Waals surface area contributed by atoms with E-state index in [9.17, 15) is 0 Å². The minimum absolute atomic E-state index is 0.665. The van der Waals surface area contributed by atoms with Crippen LogP contribution in [0.4, 0.5) is 0 Å². The predicted octanol–water partition coefficient (Wildman–Crippen LogP) is 2.90. The molecule has 0 spiro atoms. The Hall–Kier alpha value is -0.850. The third-order valence-corrected chi connectivity index (χ3v) is 2.21. The zero-order valence-corrected chi connectivity index (χ0v) is 7.46. The highest BCUT2D eigenvalue weighted by Gasteiger charge is 2.04. The van der Waals surface area contributed by atoms with Gasteiger partial charge in [-0.05, 0) is 36.5 Å². The van der Waals surface area contributed by atoms with Gasteiger partial charge in [-0.3, -0.25) is 4.98 Å². The Balaban J connectivity index is 2.93. The van der Waals surface area contributed by atoms with Crippen molar-refractivity contribution >= 4 is 0 Å². The second kappa shape index (κ2) is 3.51. The van der Waals surface area contributed by atoms with Crippen LogP contribution in [0.5, 0.6) is 0 Å². The van der Waals surface area contributed by atoms with Crippen LogP contribution in [-0.2, 0) is 0 Å². The molecule has 60 valence electrons. The minimum Gasteiger partial charge on any atom is -0.264 e. The Kier molecular flexibility index (Phi) is 2.64. The fourth-order valence-corrected chi connectivity index (χ4v) is 1.26. The van der Waals surface area contributed by atoms with Crippen LogP contribution in [0.15, 0.2) is 18.5 Å². The van der Waals surface area contributed by atoms with Gasteiger partial charge in [-0.2, -0.15) is 0 Å². The molecular formula is C10H15N. The molecule has 11 heavy (non-hydrogen) atoms. The molecule has 0 radical (unpaired) electrons. The molecular weight excluding hydrogens is 134 g/mol. The molecule has 0 N–H and O–H groups in total. The topological polar surface area (TPSA) is 12.9 Å². The van der Waals surface area contributed by atoms with Gasteiger partial charge in [0.05, 0.1) is 0 Å². The first-order valence-electron chi connectivity index (χ1n) is 4.16. The highest BCUT2D eigenvalue weighted by molar-refractivity contribution is 5.24. The zero-order chi connectivity index (χ0) is 8.27. The van der Waals surface area contributed by atoms with Crippen molar-refractivity contribution in [3.8, 4) is 0 Å². The molecule has 0 saturated heterocycles. The van der Waals surface area contributed by atoms with Crippen LogP contribution in [0.25, 0.3) is 0 Å². The lowest BCUT2D eigenvalue weighted by Gasteiger charge is -2.10. The number of aromatic nitrogens is 1. The third kappa shape index (κ3) is 1.79. The van der Waals surface area contributed by atoms with E-state index in [1.165, 1.54) is 17.5 Å². The van der Waals surface area contributed by atoms with Crippen molar-refractivity contribution in [3.63, 3.8) is 0 Å². The smallest absolute Gasteiger partial charge is 0.0299 e. The van der Waals surface area contributed by atoms with E-state index in [-0.39, 0.29) is 0 Å². The van der Waals surface area contributed by atoms with Crippen molar-refractivity contribution in [1.29, 1.82) is 0 Å². The van der Waals surface area contributed by atoms with Crippen molar-refractivity contribution in [1.82, 2.24) is 4.98 Å². The van der Waals surface area contributed by atoms with Crippen LogP contribution in [0.2, 0.25) is 0 Å². The van der Waals surface area contributed by atoms with Gasteiger partial charge in [-0.15, -0.1) is 0 Å². The quantitative estimate of drug-likeness (QED) is 0.630. The standard InChI is InChI=1S/C10H15N/c1-4-8(2)10-5-6-11-7-9(10)3/h5-8H,4H2,1-3H3/t8-/m1/s1. The molecule has 1 rings (SSSR count). The SMILES string of the molecule is CC[C@@H](C)c1ccncc1C. The van der Waals surface area contributed by atoms with Gasteiger partial charge < -0.3 is 0 Å². The molecule has 0 fully saturated rings. The van der Waals surface area contributed by atoms with E-state index in [1.807, 2.05) is 12.4 Å². The van der Waals surface area contributed by atoms with Crippen molar-refractivity contribution in [2.75, 3.05) is 0 Å². The molecule has 0 aliphatic carbocycles. The largest absolute Gasteiger partial charge is 0.264 e. The van der Waals surface area contributed by atoms with E-state index in [0.717, 1.165) is 0 Å². The Morgan fingerprint density at radius 2 is 2.27 bits per heavy atom. The predicted molar refractivity (Wildman–Crippen MR) is 47.7 cm³/mol. The second-order valence-electron chi connectivity index (χ2n) is 3.04. The van der Waals surface area contributed by atoms with E-state index in [2.05, 4.69) is 31.8 Å². The summed E-state index contributed by atoms with van der Waals surface area (Å²) in [5.41, 5.74) is 2.74. The number of nitrogens with zero attached hydrogens (tertiary/aromatic N) is 1. The van der Waals surface area contributed by atoms with Gasteiger partial charge in [0.1, 0.15) is 0 Å². The summed E-state index contributed by atoms with van der Waals surface area (Å²) in [6.45, 7) is 6.58. The molecule has 0 unspecified atom stereocenters. The molecule has 1 aromatic heterocycles. The van der Waals surface area contributed by atoms with Gasteiger partial charge in [-0.25, -0.2) is 0 Å². The lowest BCUT2D eigenvalue weighted by Crippen LogP contribution is -1.94. The van der Waals surface area contributed by atoms with Gasteiger partial charge >= 0.3 is 0 Å². The Bertz CT molecular complexity index is 230. The summed E-state index contributed by atoms with van der Waals surface area (Å²) in [5, 5.41) is 0. The van der Waals surface area contributed by atoms with E-state index in [0.29, 0.717) is 5.92 Å². The number of hydrogen-bond acceptors (Lipinski definition) is 1. The molecule has 0 amide bonds. The molecule has 0 saturated carbocycles. The Morgan fingerprint density at radius 1 is 1.55 bits per heavy atom. The van der Waals surface area contributed by atoms with E-state index in [4.69, 9.17) is 0 Å². The first kappa shape index (κ1) is 8.25. The first-order valence-corrected chi connectivity index (χ1v) is 4.16. The molecule has 1 aromatic rings. The molecule has 0 aromatic carbocycles. The fourth-order valence-electron chi connectivity index (χ4n) is 1.26. The lowest BCUT2D eigenvalue weighted by molar-refractivity contribution is 0.726. The van der Waals surface area contributed by atoms with Crippen LogP contribution in [0, 0.1) is 6.92 Å². The summed E-state index contributed by atoms with van der Waals surface area (Å²) in [4.78, 5) is 4.06. The maximum absolute atomic E-state index is 4.06. The van der Waals surface area contributed by atoms with Gasteiger partial charge in [0, 0.05) is 12.4 Å². The lowest BCUT2D eigenvalue weighted by atomic mass is 9.96.